The van der Waals surface area contributed by atoms with Crippen molar-refractivity contribution in [1.82, 2.24) is 5.32 Å². The van der Waals surface area contributed by atoms with E-state index < -0.39 is 23.7 Å². The van der Waals surface area contributed by atoms with E-state index in [0.717, 1.165) is 0 Å². The molecule has 98 valence electrons. The summed E-state index contributed by atoms with van der Waals surface area (Å²) >= 11 is 0. The van der Waals surface area contributed by atoms with Gasteiger partial charge in [-0.15, -0.1) is 0 Å². The summed E-state index contributed by atoms with van der Waals surface area (Å²) in [7, 11) is 0. The van der Waals surface area contributed by atoms with Gasteiger partial charge in [-0.05, 0) is 6.07 Å². The molecule has 6 heteroatoms. The summed E-state index contributed by atoms with van der Waals surface area (Å²) in [6, 6.07) is 4.92. The molecule has 0 spiro atoms. The second-order valence-electron chi connectivity index (χ2n) is 3.70. The highest BCUT2D eigenvalue weighted by Crippen LogP contribution is 2.07. The Morgan fingerprint density at radius 1 is 1.44 bits per heavy atom. The van der Waals surface area contributed by atoms with Crippen LogP contribution in [0, 0.1) is 5.82 Å². The molecule has 0 saturated carbocycles. The fourth-order valence-electron chi connectivity index (χ4n) is 1.32. The third-order valence-electron chi connectivity index (χ3n) is 2.18. The van der Waals surface area contributed by atoms with E-state index in [-0.39, 0.29) is 13.2 Å². The number of carboxylic acid groups (broad SMARTS) is 1. The summed E-state index contributed by atoms with van der Waals surface area (Å²) in [5.74, 6) is -2.07. The van der Waals surface area contributed by atoms with Crippen molar-refractivity contribution in [3.8, 4) is 0 Å². The van der Waals surface area contributed by atoms with Crippen molar-refractivity contribution < 1.29 is 23.8 Å². The van der Waals surface area contributed by atoms with Gasteiger partial charge in [-0.25, -0.2) is 9.18 Å². The maximum atomic E-state index is 13.2. The zero-order valence-electron chi connectivity index (χ0n) is 9.85. The van der Waals surface area contributed by atoms with Crippen molar-refractivity contribution in [2.75, 3.05) is 6.61 Å². The highest BCUT2D eigenvalue weighted by molar-refractivity contribution is 5.82. The lowest BCUT2D eigenvalue weighted by molar-refractivity contribution is -0.143. The van der Waals surface area contributed by atoms with Gasteiger partial charge in [0.2, 0.25) is 5.91 Å². The second kappa shape index (κ2) is 6.70. The zero-order chi connectivity index (χ0) is 13.5. The molecule has 0 heterocycles. The number of nitrogens with one attached hydrogen (secondary N) is 1. The summed E-state index contributed by atoms with van der Waals surface area (Å²) in [6.07, 6.45) is 0. The molecule has 0 aliphatic carbocycles. The molecular formula is C12H14FNO4. The highest BCUT2D eigenvalue weighted by Gasteiger charge is 2.18. The first-order chi connectivity index (χ1) is 8.50. The Hall–Kier alpha value is -1.95. The number of ether oxygens (including phenoxy) is 1. The van der Waals surface area contributed by atoms with Crippen molar-refractivity contribution >= 4 is 11.9 Å². The molecule has 0 aliphatic rings. The van der Waals surface area contributed by atoms with E-state index in [1.54, 1.807) is 18.2 Å². The van der Waals surface area contributed by atoms with E-state index in [9.17, 15) is 14.0 Å². The molecule has 0 fully saturated rings. The number of carboxylic acids is 1. The Bertz CT molecular complexity index is 436. The molecule has 0 aliphatic heterocycles. The van der Waals surface area contributed by atoms with E-state index in [2.05, 4.69) is 5.32 Å². The normalized spacial score (nSPS) is 11.9. The van der Waals surface area contributed by atoms with Crippen molar-refractivity contribution in [1.29, 1.82) is 0 Å². The van der Waals surface area contributed by atoms with Gasteiger partial charge in [-0.1, -0.05) is 18.2 Å². The van der Waals surface area contributed by atoms with Gasteiger partial charge in [0.25, 0.3) is 0 Å². The maximum Gasteiger partial charge on any atom is 0.328 e. The summed E-state index contributed by atoms with van der Waals surface area (Å²) in [5, 5.41) is 11.0. The van der Waals surface area contributed by atoms with Gasteiger partial charge < -0.3 is 15.2 Å². The Morgan fingerprint density at radius 2 is 2.11 bits per heavy atom. The number of hydrogen-bond donors (Lipinski definition) is 2. The molecule has 0 radical (unpaired) electrons. The molecule has 1 aromatic rings. The molecule has 1 rings (SSSR count). The summed E-state index contributed by atoms with van der Waals surface area (Å²) in [5.41, 5.74) is 0.337. The van der Waals surface area contributed by atoms with Crippen molar-refractivity contribution in [2.45, 2.75) is 19.6 Å². The molecule has 2 N–H and O–H groups in total. The number of rotatable bonds is 6. The first-order valence-electron chi connectivity index (χ1n) is 5.31. The van der Waals surface area contributed by atoms with Crippen LogP contribution in [0.2, 0.25) is 0 Å². The van der Waals surface area contributed by atoms with E-state index in [0.29, 0.717) is 5.56 Å². The molecule has 0 bridgehead atoms. The van der Waals surface area contributed by atoms with Crippen LogP contribution in [0.3, 0.4) is 0 Å². The molecule has 5 nitrogen and oxygen atoms in total. The summed E-state index contributed by atoms with van der Waals surface area (Å²) in [4.78, 5) is 21.5. The fraction of sp³-hybridized carbons (Fsp3) is 0.333. The van der Waals surface area contributed by atoms with Gasteiger partial charge in [0.05, 0.1) is 13.2 Å². The quantitative estimate of drug-likeness (QED) is 0.793. The number of carbonyl (C=O) groups excluding carboxylic acids is 1. The number of carbonyl (C=O) groups is 2. The number of halogens is 1. The standard InChI is InChI=1S/C12H14FNO4/c1-8(15)14-11(12(16)17)7-18-6-9-4-2-3-5-10(9)13/h2-5,11H,6-7H2,1H3,(H,14,15)(H,16,17). The number of aliphatic carboxylic acids is 1. The Balaban J connectivity index is 2.46. The highest BCUT2D eigenvalue weighted by atomic mass is 19.1. The van der Waals surface area contributed by atoms with E-state index >= 15 is 0 Å². The van der Waals surface area contributed by atoms with Gasteiger partial charge in [-0.2, -0.15) is 0 Å². The largest absolute Gasteiger partial charge is 0.480 e. The van der Waals surface area contributed by atoms with Gasteiger partial charge in [0.15, 0.2) is 6.04 Å². The van der Waals surface area contributed by atoms with Gasteiger partial charge in [0, 0.05) is 12.5 Å². The maximum absolute atomic E-state index is 13.2. The lowest BCUT2D eigenvalue weighted by Gasteiger charge is -2.13. The van der Waals surface area contributed by atoms with Crippen LogP contribution in [0.1, 0.15) is 12.5 Å². The minimum atomic E-state index is -1.20. The molecule has 1 aromatic carbocycles. The molecule has 1 amide bonds. The van der Waals surface area contributed by atoms with Crippen LogP contribution in [0.25, 0.3) is 0 Å². The fourth-order valence-corrected chi connectivity index (χ4v) is 1.32. The van der Waals surface area contributed by atoms with Crippen LogP contribution in [0.4, 0.5) is 4.39 Å². The predicted molar refractivity (Wildman–Crippen MR) is 61.3 cm³/mol. The number of amides is 1. The molecular weight excluding hydrogens is 241 g/mol. The summed E-state index contributed by atoms with van der Waals surface area (Å²) < 4.78 is 18.3. The zero-order valence-corrected chi connectivity index (χ0v) is 9.85. The second-order valence-corrected chi connectivity index (χ2v) is 3.70. The molecule has 18 heavy (non-hydrogen) atoms. The Morgan fingerprint density at radius 3 is 2.67 bits per heavy atom. The van der Waals surface area contributed by atoms with Crippen LogP contribution in [-0.4, -0.2) is 29.6 Å². The average molecular weight is 255 g/mol. The third-order valence-corrected chi connectivity index (χ3v) is 2.18. The third kappa shape index (κ3) is 4.50. The van der Waals surface area contributed by atoms with Crippen LogP contribution in [-0.2, 0) is 20.9 Å². The molecule has 1 unspecified atom stereocenters. The summed E-state index contributed by atoms with van der Waals surface area (Å²) in [6.45, 7) is 0.950. The van der Waals surface area contributed by atoms with Crippen LogP contribution >= 0.6 is 0 Å². The first-order valence-corrected chi connectivity index (χ1v) is 5.31. The van der Waals surface area contributed by atoms with E-state index in [1.165, 1.54) is 13.0 Å². The SMILES string of the molecule is CC(=O)NC(COCc1ccccc1F)C(=O)O. The average Bonchev–Trinajstić information content (AvgIpc) is 2.29. The molecule has 0 aromatic heterocycles. The van der Waals surface area contributed by atoms with Crippen LogP contribution < -0.4 is 5.32 Å². The lowest BCUT2D eigenvalue weighted by atomic mass is 10.2. The minimum Gasteiger partial charge on any atom is -0.480 e. The van der Waals surface area contributed by atoms with Crippen molar-refractivity contribution in [3.05, 3.63) is 35.6 Å². The van der Waals surface area contributed by atoms with Crippen LogP contribution in [0.5, 0.6) is 0 Å². The smallest absolute Gasteiger partial charge is 0.328 e. The van der Waals surface area contributed by atoms with Crippen molar-refractivity contribution in [3.63, 3.8) is 0 Å². The van der Waals surface area contributed by atoms with Crippen LogP contribution in [0.15, 0.2) is 24.3 Å². The first kappa shape index (κ1) is 14.1. The monoisotopic (exact) mass is 255 g/mol. The van der Waals surface area contributed by atoms with E-state index in [4.69, 9.17) is 9.84 Å². The number of benzene rings is 1. The Kier molecular flexibility index (Phi) is 5.26. The lowest BCUT2D eigenvalue weighted by Crippen LogP contribution is -2.42. The Labute approximate surface area is 104 Å². The van der Waals surface area contributed by atoms with Crippen molar-refractivity contribution in [2.24, 2.45) is 0 Å². The molecule has 0 saturated heterocycles. The molecule has 1 atom stereocenters. The van der Waals surface area contributed by atoms with Gasteiger partial charge in [0.1, 0.15) is 5.82 Å². The van der Waals surface area contributed by atoms with Gasteiger partial charge in [-0.3, -0.25) is 4.79 Å². The predicted octanol–water partition coefficient (Wildman–Crippen LogP) is 0.932. The topological polar surface area (TPSA) is 75.6 Å². The number of hydrogen-bond acceptors (Lipinski definition) is 3. The van der Waals surface area contributed by atoms with E-state index in [1.807, 2.05) is 0 Å². The van der Waals surface area contributed by atoms with Gasteiger partial charge >= 0.3 is 5.97 Å². The minimum absolute atomic E-state index is 0.0456.